The summed E-state index contributed by atoms with van der Waals surface area (Å²) in [4.78, 5) is 0. The van der Waals surface area contributed by atoms with Crippen molar-refractivity contribution >= 4 is 0 Å². The van der Waals surface area contributed by atoms with Gasteiger partial charge in [-0.1, -0.05) is 24.0 Å². The maximum Gasteiger partial charge on any atom is 0.104 e. The van der Waals surface area contributed by atoms with Crippen LogP contribution in [0.15, 0.2) is 12.2 Å². The lowest BCUT2D eigenvalue weighted by atomic mass is 10.4. The first kappa shape index (κ1) is 7.26. The second kappa shape index (κ2) is 6.26. The van der Waals surface area contributed by atoms with Crippen molar-refractivity contribution in [1.82, 2.24) is 0 Å². The van der Waals surface area contributed by atoms with Crippen molar-refractivity contribution < 1.29 is 5.11 Å². The summed E-state index contributed by atoms with van der Waals surface area (Å²) in [5.41, 5.74) is 0. The predicted molar refractivity (Wildman–Crippen MR) is 34.3 cm³/mol. The Labute approximate surface area is 50.0 Å². The van der Waals surface area contributed by atoms with Gasteiger partial charge in [-0.25, -0.2) is 0 Å². The zero-order valence-corrected chi connectivity index (χ0v) is 5.02. The highest BCUT2D eigenvalue weighted by atomic mass is 16.2. The molecule has 0 aliphatic rings. The Hall–Kier alpha value is -0.740. The van der Waals surface area contributed by atoms with E-state index in [1.165, 1.54) is 0 Å². The van der Waals surface area contributed by atoms with Crippen molar-refractivity contribution in [2.75, 3.05) is 6.61 Å². The van der Waals surface area contributed by atoms with Gasteiger partial charge in [0, 0.05) is 6.42 Å². The summed E-state index contributed by atoms with van der Waals surface area (Å²) in [5.74, 6) is 5.29. The first-order valence-corrected chi connectivity index (χ1v) is 2.59. The highest BCUT2D eigenvalue weighted by molar-refractivity contribution is 5.03. The van der Waals surface area contributed by atoms with E-state index in [0.29, 0.717) is 0 Å². The molecule has 0 aromatic rings. The maximum atomic E-state index is 8.17. The smallest absolute Gasteiger partial charge is 0.104 e. The van der Waals surface area contributed by atoms with Crippen molar-refractivity contribution in [2.24, 2.45) is 0 Å². The lowest BCUT2D eigenvalue weighted by Gasteiger charge is -1.71. The second-order valence-electron chi connectivity index (χ2n) is 1.28. The quantitative estimate of drug-likeness (QED) is 0.393. The third-order valence-corrected chi connectivity index (χ3v) is 0.660. The van der Waals surface area contributed by atoms with Gasteiger partial charge in [0.25, 0.3) is 0 Å². The highest BCUT2D eigenvalue weighted by Crippen LogP contribution is 1.76. The normalized spacial score (nSPS) is 8.75. The molecule has 1 nitrogen and oxygen atoms in total. The molecule has 0 heterocycles. The van der Waals surface area contributed by atoms with Crippen LogP contribution in [0.3, 0.4) is 0 Å². The van der Waals surface area contributed by atoms with E-state index >= 15 is 0 Å². The monoisotopic (exact) mass is 110 g/mol. The molecule has 0 aromatic carbocycles. The average molecular weight is 110 g/mol. The minimum absolute atomic E-state index is 0.0302. The molecular weight excluding hydrogens is 100 g/mol. The minimum atomic E-state index is -0.0302. The van der Waals surface area contributed by atoms with Crippen molar-refractivity contribution in [3.05, 3.63) is 12.2 Å². The van der Waals surface area contributed by atoms with E-state index in [4.69, 9.17) is 5.11 Å². The zero-order valence-electron chi connectivity index (χ0n) is 5.02. The van der Waals surface area contributed by atoms with Gasteiger partial charge in [0.1, 0.15) is 6.61 Å². The fourth-order valence-electron chi connectivity index (χ4n) is 0.305. The van der Waals surface area contributed by atoms with Crippen LogP contribution in [0.2, 0.25) is 0 Å². The largest absolute Gasteiger partial charge is 0.384 e. The maximum absolute atomic E-state index is 8.17. The first-order valence-electron chi connectivity index (χ1n) is 2.59. The summed E-state index contributed by atoms with van der Waals surface area (Å²) < 4.78 is 0. The lowest BCUT2D eigenvalue weighted by molar-refractivity contribution is 0.350. The fraction of sp³-hybridized carbons (Fsp3) is 0.429. The van der Waals surface area contributed by atoms with E-state index in [9.17, 15) is 0 Å². The van der Waals surface area contributed by atoms with Crippen LogP contribution in [-0.2, 0) is 0 Å². The standard InChI is InChI=1S/C7H10O/c1-2-3-4-5-6-7-8/h2-3,8H,4,7H2,1H3/b3-2+. The first-order chi connectivity index (χ1) is 3.91. The molecule has 8 heavy (non-hydrogen) atoms. The number of aliphatic hydroxyl groups is 1. The summed E-state index contributed by atoms with van der Waals surface area (Å²) in [6.45, 7) is 1.91. The molecule has 0 aliphatic heterocycles. The Balaban J connectivity index is 3.15. The third-order valence-electron chi connectivity index (χ3n) is 0.660. The van der Waals surface area contributed by atoms with Crippen LogP contribution in [0.4, 0.5) is 0 Å². The molecule has 0 bridgehead atoms. The molecular formula is C7H10O. The molecule has 0 saturated carbocycles. The molecule has 0 fully saturated rings. The number of aliphatic hydroxyl groups excluding tert-OH is 1. The minimum Gasteiger partial charge on any atom is -0.384 e. The lowest BCUT2D eigenvalue weighted by Crippen LogP contribution is -1.69. The molecule has 0 saturated heterocycles. The van der Waals surface area contributed by atoms with Gasteiger partial charge in [0.05, 0.1) is 0 Å². The Morgan fingerprint density at radius 3 is 2.75 bits per heavy atom. The van der Waals surface area contributed by atoms with Gasteiger partial charge < -0.3 is 5.11 Å². The number of rotatable bonds is 1. The van der Waals surface area contributed by atoms with E-state index in [0.717, 1.165) is 6.42 Å². The van der Waals surface area contributed by atoms with Crippen LogP contribution in [0.1, 0.15) is 13.3 Å². The van der Waals surface area contributed by atoms with E-state index in [1.807, 2.05) is 19.1 Å². The van der Waals surface area contributed by atoms with Crippen LogP contribution in [-0.4, -0.2) is 11.7 Å². The van der Waals surface area contributed by atoms with Gasteiger partial charge >= 0.3 is 0 Å². The Kier molecular flexibility index (Phi) is 5.68. The molecule has 44 valence electrons. The third kappa shape index (κ3) is 5.26. The number of hydrogen-bond donors (Lipinski definition) is 1. The summed E-state index contributed by atoms with van der Waals surface area (Å²) in [6, 6.07) is 0. The average Bonchev–Trinajstić information content (AvgIpc) is 1.81. The second-order valence-corrected chi connectivity index (χ2v) is 1.28. The molecule has 0 spiro atoms. The fourth-order valence-corrected chi connectivity index (χ4v) is 0.305. The summed E-state index contributed by atoms with van der Waals surface area (Å²) in [6.07, 6.45) is 4.63. The van der Waals surface area contributed by atoms with Crippen molar-refractivity contribution in [3.8, 4) is 11.8 Å². The van der Waals surface area contributed by atoms with Gasteiger partial charge in [-0.3, -0.25) is 0 Å². The highest BCUT2D eigenvalue weighted by Gasteiger charge is 1.63. The molecule has 0 radical (unpaired) electrons. The Morgan fingerprint density at radius 2 is 2.25 bits per heavy atom. The van der Waals surface area contributed by atoms with Crippen LogP contribution in [0, 0.1) is 11.8 Å². The summed E-state index contributed by atoms with van der Waals surface area (Å²) >= 11 is 0. The van der Waals surface area contributed by atoms with Crippen molar-refractivity contribution in [2.45, 2.75) is 13.3 Å². The van der Waals surface area contributed by atoms with Crippen molar-refractivity contribution in [3.63, 3.8) is 0 Å². The van der Waals surface area contributed by atoms with E-state index in [1.54, 1.807) is 0 Å². The summed E-state index contributed by atoms with van der Waals surface area (Å²) in [5, 5.41) is 8.17. The van der Waals surface area contributed by atoms with Gasteiger partial charge in [-0.15, -0.1) is 0 Å². The Morgan fingerprint density at radius 1 is 1.50 bits per heavy atom. The predicted octanol–water partition coefficient (Wildman–Crippen LogP) is 0.948. The molecule has 0 unspecified atom stereocenters. The molecule has 0 amide bonds. The molecule has 0 aliphatic carbocycles. The molecule has 1 N–H and O–H groups in total. The van der Waals surface area contributed by atoms with Crippen molar-refractivity contribution in [1.29, 1.82) is 0 Å². The molecule has 0 rings (SSSR count). The van der Waals surface area contributed by atoms with Gasteiger partial charge in [0.2, 0.25) is 0 Å². The number of hydrogen-bond acceptors (Lipinski definition) is 1. The van der Waals surface area contributed by atoms with Gasteiger partial charge in [-0.05, 0) is 6.92 Å². The van der Waals surface area contributed by atoms with Gasteiger partial charge in [-0.2, -0.15) is 0 Å². The van der Waals surface area contributed by atoms with Crippen LogP contribution < -0.4 is 0 Å². The molecule has 1 heteroatoms. The zero-order chi connectivity index (χ0) is 6.24. The molecule has 0 aromatic heterocycles. The van der Waals surface area contributed by atoms with Gasteiger partial charge in [0.15, 0.2) is 0 Å². The number of allylic oxidation sites excluding steroid dienone is 2. The SMILES string of the molecule is C/C=C/CC#CCO. The van der Waals surface area contributed by atoms with E-state index < -0.39 is 0 Å². The Bertz CT molecular complexity index is 114. The summed E-state index contributed by atoms with van der Waals surface area (Å²) in [7, 11) is 0. The van der Waals surface area contributed by atoms with E-state index in [-0.39, 0.29) is 6.61 Å². The van der Waals surface area contributed by atoms with Crippen LogP contribution >= 0.6 is 0 Å². The van der Waals surface area contributed by atoms with E-state index in [2.05, 4.69) is 11.8 Å². The van der Waals surface area contributed by atoms with Crippen LogP contribution in [0.25, 0.3) is 0 Å². The van der Waals surface area contributed by atoms with Crippen LogP contribution in [0.5, 0.6) is 0 Å². The topological polar surface area (TPSA) is 20.2 Å². The molecule has 0 atom stereocenters.